The van der Waals surface area contributed by atoms with E-state index in [1.807, 2.05) is 29.6 Å². The van der Waals surface area contributed by atoms with Crippen molar-refractivity contribution in [1.82, 2.24) is 0 Å². The maximum atomic E-state index is 5.25. The molecule has 82 valence electrons. The van der Waals surface area contributed by atoms with E-state index < -0.39 is 0 Å². The third-order valence-electron chi connectivity index (χ3n) is 2.28. The molecule has 0 aliphatic rings. The average Bonchev–Trinajstić information content (AvgIpc) is 2.79. The van der Waals surface area contributed by atoms with Crippen molar-refractivity contribution in [1.29, 1.82) is 0 Å². The van der Waals surface area contributed by atoms with Gasteiger partial charge in [0.2, 0.25) is 0 Å². The van der Waals surface area contributed by atoms with Crippen molar-refractivity contribution in [2.45, 2.75) is 13.5 Å². The Kier molecular flexibility index (Phi) is 3.72. The first-order chi connectivity index (χ1) is 7.86. The molecule has 3 heteroatoms. The first-order valence-electron chi connectivity index (χ1n) is 5.09. The summed E-state index contributed by atoms with van der Waals surface area (Å²) in [6.07, 6.45) is 1.74. The first-order valence-corrected chi connectivity index (χ1v) is 5.97. The van der Waals surface area contributed by atoms with Crippen LogP contribution in [0.3, 0.4) is 0 Å². The van der Waals surface area contributed by atoms with Gasteiger partial charge >= 0.3 is 0 Å². The van der Waals surface area contributed by atoms with Crippen LogP contribution in [0.2, 0.25) is 0 Å². The summed E-state index contributed by atoms with van der Waals surface area (Å²) in [4.78, 5) is 6.35. The number of oxime groups is 1. The zero-order valence-corrected chi connectivity index (χ0v) is 9.91. The van der Waals surface area contributed by atoms with Crippen LogP contribution in [-0.4, -0.2) is 6.21 Å². The monoisotopic (exact) mass is 231 g/mol. The average molecular weight is 231 g/mol. The van der Waals surface area contributed by atoms with Gasteiger partial charge < -0.3 is 4.84 Å². The number of aryl methyl sites for hydroxylation is 1. The van der Waals surface area contributed by atoms with Crippen LogP contribution in [0.4, 0.5) is 0 Å². The maximum absolute atomic E-state index is 5.25. The van der Waals surface area contributed by atoms with Gasteiger partial charge in [0.25, 0.3) is 0 Å². The normalized spacial score (nSPS) is 10.8. The highest BCUT2D eigenvalue weighted by atomic mass is 32.1. The van der Waals surface area contributed by atoms with Gasteiger partial charge in [-0.25, -0.2) is 0 Å². The fourth-order valence-electron chi connectivity index (χ4n) is 1.33. The molecular weight excluding hydrogens is 218 g/mol. The highest BCUT2D eigenvalue weighted by Gasteiger charge is 1.95. The second-order valence-corrected chi connectivity index (χ2v) is 4.43. The van der Waals surface area contributed by atoms with Crippen molar-refractivity contribution in [2.24, 2.45) is 5.16 Å². The van der Waals surface area contributed by atoms with Gasteiger partial charge in [0, 0.05) is 4.88 Å². The number of benzene rings is 1. The molecular formula is C13H13NOS. The van der Waals surface area contributed by atoms with Crippen LogP contribution in [0.15, 0.2) is 46.9 Å². The summed E-state index contributed by atoms with van der Waals surface area (Å²) >= 11 is 1.64. The Morgan fingerprint density at radius 2 is 2.12 bits per heavy atom. The highest BCUT2D eigenvalue weighted by molar-refractivity contribution is 7.11. The summed E-state index contributed by atoms with van der Waals surface area (Å²) in [6, 6.07) is 12.2. The number of hydrogen-bond donors (Lipinski definition) is 0. The number of nitrogens with zero attached hydrogens (tertiary/aromatic N) is 1. The van der Waals surface area contributed by atoms with E-state index in [4.69, 9.17) is 4.84 Å². The molecule has 0 spiro atoms. The summed E-state index contributed by atoms with van der Waals surface area (Å²) in [5, 5.41) is 5.95. The summed E-state index contributed by atoms with van der Waals surface area (Å²) in [5.74, 6) is 0. The van der Waals surface area contributed by atoms with Crippen LogP contribution in [0.5, 0.6) is 0 Å². The third kappa shape index (κ3) is 2.94. The Balaban J connectivity index is 1.87. The topological polar surface area (TPSA) is 21.6 Å². The second-order valence-electron chi connectivity index (χ2n) is 3.45. The van der Waals surface area contributed by atoms with Crippen molar-refractivity contribution < 1.29 is 4.84 Å². The Morgan fingerprint density at radius 1 is 1.25 bits per heavy atom. The first kappa shape index (κ1) is 10.9. The van der Waals surface area contributed by atoms with E-state index in [2.05, 4.69) is 24.2 Å². The van der Waals surface area contributed by atoms with Crippen molar-refractivity contribution in [3.63, 3.8) is 0 Å². The number of thiophene rings is 1. The maximum Gasteiger partial charge on any atom is 0.142 e. The molecule has 1 aromatic heterocycles. The molecule has 0 amide bonds. The van der Waals surface area contributed by atoms with Gasteiger partial charge in [-0.3, -0.25) is 0 Å². The molecule has 0 aliphatic heterocycles. The van der Waals surface area contributed by atoms with E-state index in [1.165, 1.54) is 11.1 Å². The SMILES string of the molecule is Cc1ccccc1CO/N=C/c1cccs1. The minimum atomic E-state index is 0.522. The second kappa shape index (κ2) is 5.47. The van der Waals surface area contributed by atoms with E-state index in [-0.39, 0.29) is 0 Å². The van der Waals surface area contributed by atoms with Gasteiger partial charge in [0.1, 0.15) is 6.61 Å². The van der Waals surface area contributed by atoms with Gasteiger partial charge in [-0.15, -0.1) is 11.3 Å². The Morgan fingerprint density at radius 3 is 2.88 bits per heavy atom. The molecule has 16 heavy (non-hydrogen) atoms. The van der Waals surface area contributed by atoms with E-state index in [1.54, 1.807) is 17.6 Å². The zero-order chi connectivity index (χ0) is 11.2. The predicted octanol–water partition coefficient (Wildman–Crippen LogP) is 3.61. The molecule has 0 aliphatic carbocycles. The Labute approximate surface area is 99.2 Å². The van der Waals surface area contributed by atoms with Gasteiger partial charge in [-0.05, 0) is 29.5 Å². The van der Waals surface area contributed by atoms with Crippen molar-refractivity contribution in [3.8, 4) is 0 Å². The standard InChI is InChI=1S/C13H13NOS/c1-11-5-2-3-6-12(11)10-15-14-9-13-7-4-8-16-13/h2-9H,10H2,1H3/b14-9+. The summed E-state index contributed by atoms with van der Waals surface area (Å²) in [7, 11) is 0. The molecule has 1 aromatic carbocycles. The Hall–Kier alpha value is -1.61. The van der Waals surface area contributed by atoms with Gasteiger partial charge in [-0.1, -0.05) is 35.5 Å². The molecule has 0 atom stereocenters. The lowest BCUT2D eigenvalue weighted by molar-refractivity contribution is 0.132. The number of rotatable bonds is 4. The van der Waals surface area contributed by atoms with Crippen molar-refractivity contribution >= 4 is 17.6 Å². The highest BCUT2D eigenvalue weighted by Crippen LogP contribution is 2.09. The molecule has 0 N–H and O–H groups in total. The lowest BCUT2D eigenvalue weighted by Crippen LogP contribution is -1.90. The van der Waals surface area contributed by atoms with Gasteiger partial charge in [0.05, 0.1) is 6.21 Å². The minimum absolute atomic E-state index is 0.522. The van der Waals surface area contributed by atoms with E-state index in [0.717, 1.165) is 4.88 Å². The molecule has 1 heterocycles. The van der Waals surface area contributed by atoms with E-state index in [0.29, 0.717) is 6.61 Å². The van der Waals surface area contributed by atoms with Crippen LogP contribution < -0.4 is 0 Å². The van der Waals surface area contributed by atoms with Crippen LogP contribution in [0.1, 0.15) is 16.0 Å². The van der Waals surface area contributed by atoms with Crippen molar-refractivity contribution in [2.75, 3.05) is 0 Å². The fraction of sp³-hybridized carbons (Fsp3) is 0.154. The molecule has 0 saturated heterocycles. The van der Waals surface area contributed by atoms with E-state index >= 15 is 0 Å². The minimum Gasteiger partial charge on any atom is -0.391 e. The molecule has 0 unspecified atom stereocenters. The lowest BCUT2D eigenvalue weighted by atomic mass is 10.1. The van der Waals surface area contributed by atoms with E-state index in [9.17, 15) is 0 Å². The lowest BCUT2D eigenvalue weighted by Gasteiger charge is -2.02. The van der Waals surface area contributed by atoms with Crippen molar-refractivity contribution in [3.05, 3.63) is 57.8 Å². The summed E-state index contributed by atoms with van der Waals surface area (Å²) in [5.41, 5.74) is 2.40. The quantitative estimate of drug-likeness (QED) is 0.582. The van der Waals surface area contributed by atoms with Crippen LogP contribution >= 0.6 is 11.3 Å². The number of hydrogen-bond acceptors (Lipinski definition) is 3. The van der Waals surface area contributed by atoms with Gasteiger partial charge in [0.15, 0.2) is 0 Å². The Bertz CT molecular complexity index is 463. The van der Waals surface area contributed by atoms with Crippen LogP contribution in [-0.2, 0) is 11.4 Å². The van der Waals surface area contributed by atoms with Gasteiger partial charge in [-0.2, -0.15) is 0 Å². The third-order valence-corrected chi connectivity index (χ3v) is 3.09. The molecule has 2 aromatic rings. The zero-order valence-electron chi connectivity index (χ0n) is 9.09. The van der Waals surface area contributed by atoms with Crippen LogP contribution in [0, 0.1) is 6.92 Å². The summed E-state index contributed by atoms with van der Waals surface area (Å²) in [6.45, 7) is 2.59. The molecule has 0 fully saturated rings. The molecule has 0 bridgehead atoms. The smallest absolute Gasteiger partial charge is 0.142 e. The molecule has 2 rings (SSSR count). The molecule has 2 nitrogen and oxygen atoms in total. The van der Waals surface area contributed by atoms with Crippen LogP contribution in [0.25, 0.3) is 0 Å². The molecule has 0 radical (unpaired) electrons. The molecule has 0 saturated carbocycles. The fourth-order valence-corrected chi connectivity index (χ4v) is 1.91. The largest absolute Gasteiger partial charge is 0.391 e. The summed E-state index contributed by atoms with van der Waals surface area (Å²) < 4.78 is 0. The predicted molar refractivity (Wildman–Crippen MR) is 67.9 cm³/mol.